The van der Waals surface area contributed by atoms with Gasteiger partial charge >= 0.3 is 24.6 Å². The maximum atomic E-state index is 13.9. The number of ether oxygens (including phenoxy) is 1. The molecular weight excluding hydrogens is 663 g/mol. The molecule has 4 rings (SSSR count). The molecule has 0 saturated heterocycles. The third-order valence-electron chi connectivity index (χ3n) is 7.48. The average Bonchev–Trinajstić information content (AvgIpc) is 3.76. The van der Waals surface area contributed by atoms with Crippen molar-refractivity contribution in [1.82, 2.24) is 10.6 Å². The van der Waals surface area contributed by atoms with Crippen LogP contribution in [-0.2, 0) is 33.1 Å². The summed E-state index contributed by atoms with van der Waals surface area (Å²) in [6, 6.07) is 2.63. The van der Waals surface area contributed by atoms with E-state index in [0.29, 0.717) is 11.4 Å². The van der Waals surface area contributed by atoms with Crippen LogP contribution >= 0.6 is 0 Å². The number of carbonyl (C=O) groups is 3. The fourth-order valence-electron chi connectivity index (χ4n) is 5.27. The number of nitrogens with one attached hydrogen (secondary N) is 2. The zero-order valence-corrected chi connectivity index (χ0v) is 25.9. The molecule has 0 unspecified atom stereocenters. The highest BCUT2D eigenvalue weighted by atomic mass is 19.4. The number of rotatable bonds is 8. The van der Waals surface area contributed by atoms with Crippen LogP contribution < -0.4 is 20.4 Å². The molecule has 0 aromatic heterocycles. The highest BCUT2D eigenvalue weighted by Crippen LogP contribution is 2.39. The average molecular weight is 697 g/mol. The van der Waals surface area contributed by atoms with Crippen molar-refractivity contribution < 1.29 is 58.6 Å². The van der Waals surface area contributed by atoms with Crippen molar-refractivity contribution in [2.45, 2.75) is 76.2 Å². The second kappa shape index (κ2) is 13.4. The van der Waals surface area contributed by atoms with Gasteiger partial charge in [-0.15, -0.1) is 0 Å². The Morgan fingerprint density at radius 1 is 0.917 bits per heavy atom. The number of para-hydroxylation sites is 2. The van der Waals surface area contributed by atoms with Crippen LogP contribution in [0.25, 0.3) is 0 Å². The Morgan fingerprint density at radius 3 is 2.08 bits per heavy atom. The molecule has 1 aliphatic carbocycles. The number of alkyl halides is 9. The second-order valence-corrected chi connectivity index (χ2v) is 12.7. The maximum Gasteiger partial charge on any atom is 0.416 e. The molecule has 1 fully saturated rings. The van der Waals surface area contributed by atoms with Gasteiger partial charge in [-0.25, -0.2) is 4.79 Å². The minimum atomic E-state index is -5.17. The van der Waals surface area contributed by atoms with Gasteiger partial charge in [-0.05, 0) is 75.4 Å². The third-order valence-corrected chi connectivity index (χ3v) is 7.48. The zero-order chi connectivity index (χ0) is 35.8. The zero-order valence-electron chi connectivity index (χ0n) is 25.9. The quantitative estimate of drug-likeness (QED) is 0.309. The number of halogens is 9. The molecule has 2 aliphatic rings. The lowest BCUT2D eigenvalue weighted by Crippen LogP contribution is -2.58. The maximum absolute atomic E-state index is 13.9. The number of hydrogen-bond acceptors (Lipinski definition) is 5. The SMILES string of the molecule is CC(C)(C)OC(=O)N[C@H](Cc1cc(C(F)(F)F)ccc1C(F)(F)F)C(=O)N[C@@H]1CN(CC2CC2)c2ccccc2N(CC(F)(F)F)C1=O. The summed E-state index contributed by atoms with van der Waals surface area (Å²) >= 11 is 0. The van der Waals surface area contributed by atoms with Crippen LogP contribution in [0.15, 0.2) is 42.5 Å². The van der Waals surface area contributed by atoms with Gasteiger partial charge < -0.3 is 20.3 Å². The molecule has 1 saturated carbocycles. The van der Waals surface area contributed by atoms with E-state index in [1.807, 2.05) is 0 Å². The van der Waals surface area contributed by atoms with Crippen LogP contribution in [0.5, 0.6) is 0 Å². The molecule has 2 aromatic rings. The molecule has 1 aliphatic heterocycles. The predicted molar refractivity (Wildman–Crippen MR) is 155 cm³/mol. The smallest absolute Gasteiger partial charge is 0.416 e. The Balaban J connectivity index is 1.73. The Kier molecular flexibility index (Phi) is 10.2. The largest absolute Gasteiger partial charge is 0.444 e. The normalized spacial score (nSPS) is 18.2. The van der Waals surface area contributed by atoms with Crippen LogP contribution in [0.2, 0.25) is 0 Å². The molecule has 2 atom stereocenters. The van der Waals surface area contributed by atoms with Crippen molar-refractivity contribution in [3.8, 4) is 0 Å². The number of alkyl carbamates (subject to hydrolysis) is 1. The predicted octanol–water partition coefficient (Wildman–Crippen LogP) is 6.47. The Bertz CT molecular complexity index is 1520. The molecular formula is C31H33F9N4O4. The number of anilines is 2. The summed E-state index contributed by atoms with van der Waals surface area (Å²) in [4.78, 5) is 42.2. The fraction of sp³-hybridized carbons (Fsp3) is 0.516. The van der Waals surface area contributed by atoms with E-state index in [-0.39, 0.29) is 42.0 Å². The Morgan fingerprint density at radius 2 is 1.54 bits per heavy atom. The number of nitrogens with zero attached hydrogens (tertiary/aromatic N) is 2. The minimum absolute atomic E-state index is 0.0839. The lowest BCUT2D eigenvalue weighted by atomic mass is 9.96. The summed E-state index contributed by atoms with van der Waals surface area (Å²) in [7, 11) is 0. The number of carbonyl (C=O) groups excluding carboxylic acids is 3. The number of benzene rings is 2. The summed E-state index contributed by atoms with van der Waals surface area (Å²) in [6.45, 7) is 2.54. The van der Waals surface area contributed by atoms with Gasteiger partial charge in [0.1, 0.15) is 24.2 Å². The van der Waals surface area contributed by atoms with Crippen molar-refractivity contribution in [3.05, 3.63) is 59.2 Å². The van der Waals surface area contributed by atoms with Crippen LogP contribution in [0.1, 0.15) is 50.3 Å². The summed E-state index contributed by atoms with van der Waals surface area (Å²) in [5.41, 5.74) is -4.98. The summed E-state index contributed by atoms with van der Waals surface area (Å²) in [5.74, 6) is -2.38. The summed E-state index contributed by atoms with van der Waals surface area (Å²) < 4.78 is 128. The van der Waals surface area contributed by atoms with Gasteiger partial charge in [0.25, 0.3) is 5.91 Å². The van der Waals surface area contributed by atoms with Gasteiger partial charge in [-0.3, -0.25) is 14.5 Å². The molecule has 0 radical (unpaired) electrons. The van der Waals surface area contributed by atoms with Gasteiger partial charge in [0.15, 0.2) is 0 Å². The molecule has 3 amide bonds. The first kappa shape index (κ1) is 36.7. The minimum Gasteiger partial charge on any atom is -0.444 e. The van der Waals surface area contributed by atoms with E-state index < -0.39 is 83.8 Å². The molecule has 0 spiro atoms. The molecule has 264 valence electrons. The first-order valence-electron chi connectivity index (χ1n) is 14.8. The van der Waals surface area contributed by atoms with Crippen molar-refractivity contribution in [2.24, 2.45) is 5.92 Å². The first-order chi connectivity index (χ1) is 22.0. The lowest BCUT2D eigenvalue weighted by molar-refractivity contribution is -0.142. The Hall–Kier alpha value is -4.18. The van der Waals surface area contributed by atoms with E-state index in [0.717, 1.165) is 12.8 Å². The molecule has 2 N–H and O–H groups in total. The molecule has 17 heteroatoms. The van der Waals surface area contributed by atoms with Crippen LogP contribution in [0.3, 0.4) is 0 Å². The van der Waals surface area contributed by atoms with Crippen LogP contribution in [0.4, 0.5) is 55.7 Å². The monoisotopic (exact) mass is 696 g/mol. The summed E-state index contributed by atoms with van der Waals surface area (Å²) in [6.07, 6.45) is -15.9. The van der Waals surface area contributed by atoms with Gasteiger partial charge in [0.2, 0.25) is 5.91 Å². The van der Waals surface area contributed by atoms with Gasteiger partial charge in [-0.1, -0.05) is 12.1 Å². The van der Waals surface area contributed by atoms with E-state index in [1.165, 1.54) is 39.0 Å². The highest BCUT2D eigenvalue weighted by Gasteiger charge is 2.43. The first-order valence-corrected chi connectivity index (χ1v) is 14.8. The molecule has 1 heterocycles. The number of amides is 3. The standard InChI is InChI=1S/C31H33F9N4O4/c1-28(2,3)48-27(47)42-21(13-18-12-19(30(35,36)37)10-11-20(18)31(38,39)40)25(45)41-22-15-43(14-17-8-9-17)23-6-4-5-7-24(23)44(26(22)46)16-29(32,33)34/h4-7,10-12,17,21-22H,8-9,13-16H2,1-3H3,(H,41,45)(H,42,47)/t21-,22-/m1/s1. The van der Waals surface area contributed by atoms with Crippen molar-refractivity contribution in [2.75, 3.05) is 29.4 Å². The van der Waals surface area contributed by atoms with Crippen molar-refractivity contribution in [3.63, 3.8) is 0 Å². The number of hydrogen-bond donors (Lipinski definition) is 2. The molecule has 48 heavy (non-hydrogen) atoms. The van der Waals surface area contributed by atoms with Crippen LogP contribution in [-0.4, -0.2) is 61.4 Å². The third kappa shape index (κ3) is 9.69. The van der Waals surface area contributed by atoms with E-state index in [1.54, 1.807) is 11.0 Å². The topological polar surface area (TPSA) is 91.0 Å². The van der Waals surface area contributed by atoms with Crippen molar-refractivity contribution in [1.29, 1.82) is 0 Å². The highest BCUT2D eigenvalue weighted by molar-refractivity contribution is 6.04. The van der Waals surface area contributed by atoms with Gasteiger partial charge in [0, 0.05) is 19.5 Å². The second-order valence-electron chi connectivity index (χ2n) is 12.7. The molecule has 0 bridgehead atoms. The van der Waals surface area contributed by atoms with E-state index in [9.17, 15) is 53.9 Å². The van der Waals surface area contributed by atoms with E-state index in [2.05, 4.69) is 10.6 Å². The summed E-state index contributed by atoms with van der Waals surface area (Å²) in [5, 5.41) is 4.32. The number of fused-ring (bicyclic) bond motifs is 1. The van der Waals surface area contributed by atoms with Gasteiger partial charge in [-0.2, -0.15) is 39.5 Å². The van der Waals surface area contributed by atoms with Crippen molar-refractivity contribution >= 4 is 29.3 Å². The van der Waals surface area contributed by atoms with Gasteiger partial charge in [0.05, 0.1) is 22.5 Å². The molecule has 2 aromatic carbocycles. The molecule has 8 nitrogen and oxygen atoms in total. The van der Waals surface area contributed by atoms with E-state index in [4.69, 9.17) is 4.74 Å². The van der Waals surface area contributed by atoms with Crippen LogP contribution in [0, 0.1) is 5.92 Å². The van der Waals surface area contributed by atoms with E-state index >= 15 is 0 Å². The fourth-order valence-corrected chi connectivity index (χ4v) is 5.27. The lowest BCUT2D eigenvalue weighted by Gasteiger charge is -2.29. The Labute approximate surface area is 269 Å².